The van der Waals surface area contributed by atoms with Crippen LogP contribution in [0.5, 0.6) is 0 Å². The molecule has 3 heteroatoms. The van der Waals surface area contributed by atoms with Gasteiger partial charge in [0.15, 0.2) is 5.82 Å². The highest BCUT2D eigenvalue weighted by Crippen LogP contribution is 2.42. The first-order valence-corrected chi connectivity index (χ1v) is 19.5. The monoisotopic (exact) mass is 716 g/mol. The standard InChI is InChI=1S/C52H32N2S/c1-2-14-34(15-3-1)52-53-46(32-47(54-52)43-24-12-26-49-51(43)44-23-8-9-25-48(44)55-49)38-19-10-17-35(29-38)36-18-11-20-39(30-36)50-41-22-7-5-16-37(41)31-45-40-21-6-4-13-33(40)27-28-42(45)50/h1-32H. The second-order valence-electron chi connectivity index (χ2n) is 14.1. The van der Waals surface area contributed by atoms with E-state index in [0.717, 1.165) is 39.2 Å². The number of thiophene rings is 1. The number of hydrogen-bond donors (Lipinski definition) is 0. The summed E-state index contributed by atoms with van der Waals surface area (Å²) in [5.41, 5.74) is 9.74. The number of benzene rings is 9. The molecular weight excluding hydrogens is 685 g/mol. The van der Waals surface area contributed by atoms with E-state index in [4.69, 9.17) is 9.97 Å². The summed E-state index contributed by atoms with van der Waals surface area (Å²) in [6.45, 7) is 0. The minimum Gasteiger partial charge on any atom is -0.228 e. The van der Waals surface area contributed by atoms with Crippen molar-refractivity contribution in [2.75, 3.05) is 0 Å². The minimum atomic E-state index is 0.715. The van der Waals surface area contributed by atoms with Crippen molar-refractivity contribution in [3.8, 4) is 56.2 Å². The molecule has 11 aromatic rings. The zero-order valence-electron chi connectivity index (χ0n) is 29.8. The van der Waals surface area contributed by atoms with Crippen molar-refractivity contribution in [1.82, 2.24) is 9.97 Å². The average Bonchev–Trinajstić information content (AvgIpc) is 3.65. The lowest BCUT2D eigenvalue weighted by Gasteiger charge is -2.15. The van der Waals surface area contributed by atoms with Gasteiger partial charge in [0.25, 0.3) is 0 Å². The van der Waals surface area contributed by atoms with Crippen LogP contribution in [0.15, 0.2) is 194 Å². The van der Waals surface area contributed by atoms with Crippen LogP contribution in [0, 0.1) is 0 Å². The normalized spacial score (nSPS) is 11.6. The van der Waals surface area contributed by atoms with Crippen molar-refractivity contribution in [2.45, 2.75) is 0 Å². The Morgan fingerprint density at radius 3 is 1.80 bits per heavy atom. The van der Waals surface area contributed by atoms with Gasteiger partial charge in [-0.2, -0.15) is 0 Å². The van der Waals surface area contributed by atoms with Crippen molar-refractivity contribution >= 4 is 63.8 Å². The van der Waals surface area contributed by atoms with Gasteiger partial charge in [-0.3, -0.25) is 0 Å². The van der Waals surface area contributed by atoms with Crippen molar-refractivity contribution < 1.29 is 0 Å². The molecule has 2 heterocycles. The van der Waals surface area contributed by atoms with Crippen molar-refractivity contribution in [3.63, 3.8) is 0 Å². The molecule has 0 aliphatic heterocycles. The van der Waals surface area contributed by atoms with Crippen molar-refractivity contribution in [1.29, 1.82) is 0 Å². The first-order valence-electron chi connectivity index (χ1n) is 18.6. The van der Waals surface area contributed by atoms with Crippen LogP contribution in [-0.4, -0.2) is 9.97 Å². The molecule has 0 bridgehead atoms. The predicted octanol–water partition coefficient (Wildman–Crippen LogP) is 14.6. The van der Waals surface area contributed by atoms with E-state index in [9.17, 15) is 0 Å². The van der Waals surface area contributed by atoms with E-state index >= 15 is 0 Å². The highest BCUT2D eigenvalue weighted by atomic mass is 32.1. The van der Waals surface area contributed by atoms with Crippen LogP contribution in [0.2, 0.25) is 0 Å². The van der Waals surface area contributed by atoms with Gasteiger partial charge in [-0.25, -0.2) is 9.97 Å². The Balaban J connectivity index is 1.07. The zero-order valence-corrected chi connectivity index (χ0v) is 30.6. The summed E-state index contributed by atoms with van der Waals surface area (Å²) in [7, 11) is 0. The molecule has 55 heavy (non-hydrogen) atoms. The van der Waals surface area contributed by atoms with Crippen molar-refractivity contribution in [2.24, 2.45) is 0 Å². The second-order valence-corrected chi connectivity index (χ2v) is 15.2. The molecular formula is C52H32N2S. The van der Waals surface area contributed by atoms with Crippen LogP contribution >= 0.6 is 11.3 Å². The molecule has 0 spiro atoms. The Bertz CT molecular complexity index is 3270. The Morgan fingerprint density at radius 1 is 0.327 bits per heavy atom. The van der Waals surface area contributed by atoms with Crippen LogP contribution < -0.4 is 0 Å². The third kappa shape index (κ3) is 5.40. The quantitative estimate of drug-likeness (QED) is 0.131. The molecule has 0 saturated heterocycles. The summed E-state index contributed by atoms with van der Waals surface area (Å²) in [5.74, 6) is 0.715. The number of fused-ring (bicyclic) bond motifs is 7. The van der Waals surface area contributed by atoms with E-state index in [1.165, 1.54) is 63.6 Å². The van der Waals surface area contributed by atoms with Gasteiger partial charge in [-0.15, -0.1) is 11.3 Å². The van der Waals surface area contributed by atoms with E-state index in [0.29, 0.717) is 5.82 Å². The summed E-state index contributed by atoms with van der Waals surface area (Å²) in [4.78, 5) is 10.4. The lowest BCUT2D eigenvalue weighted by atomic mass is 9.88. The second kappa shape index (κ2) is 12.9. The van der Waals surface area contributed by atoms with Crippen LogP contribution in [-0.2, 0) is 0 Å². The summed E-state index contributed by atoms with van der Waals surface area (Å²) < 4.78 is 2.54. The molecule has 0 fully saturated rings. The highest BCUT2D eigenvalue weighted by molar-refractivity contribution is 7.25. The Kier molecular flexibility index (Phi) is 7.39. The van der Waals surface area contributed by atoms with Gasteiger partial charge in [-0.1, -0.05) is 158 Å². The van der Waals surface area contributed by atoms with Crippen LogP contribution in [0.3, 0.4) is 0 Å². The summed E-state index contributed by atoms with van der Waals surface area (Å²) in [6, 6.07) is 69.8. The maximum Gasteiger partial charge on any atom is 0.160 e. The summed E-state index contributed by atoms with van der Waals surface area (Å²) in [6.07, 6.45) is 0. The smallest absolute Gasteiger partial charge is 0.160 e. The van der Waals surface area contributed by atoms with Gasteiger partial charge >= 0.3 is 0 Å². The molecule has 0 unspecified atom stereocenters. The molecule has 256 valence electrons. The Labute approximate surface area is 322 Å². The number of hydrogen-bond acceptors (Lipinski definition) is 3. The third-order valence-corrected chi connectivity index (χ3v) is 12.0. The lowest BCUT2D eigenvalue weighted by Crippen LogP contribution is -1.96. The van der Waals surface area contributed by atoms with Gasteiger partial charge < -0.3 is 0 Å². The van der Waals surface area contributed by atoms with E-state index in [2.05, 4.69) is 176 Å². The molecule has 0 saturated carbocycles. The highest BCUT2D eigenvalue weighted by Gasteiger charge is 2.17. The average molecular weight is 717 g/mol. The van der Waals surface area contributed by atoms with Gasteiger partial charge in [0.1, 0.15) is 0 Å². The molecule has 0 N–H and O–H groups in total. The fourth-order valence-electron chi connectivity index (χ4n) is 8.28. The maximum absolute atomic E-state index is 5.22. The fraction of sp³-hybridized carbons (Fsp3) is 0. The van der Waals surface area contributed by atoms with E-state index < -0.39 is 0 Å². The zero-order chi connectivity index (χ0) is 36.3. The van der Waals surface area contributed by atoms with E-state index in [1.807, 2.05) is 29.5 Å². The minimum absolute atomic E-state index is 0.715. The summed E-state index contributed by atoms with van der Waals surface area (Å²) in [5, 5.41) is 10.1. The number of aromatic nitrogens is 2. The fourth-order valence-corrected chi connectivity index (χ4v) is 9.41. The lowest BCUT2D eigenvalue weighted by molar-refractivity contribution is 1.19. The molecule has 9 aromatic carbocycles. The number of nitrogens with zero attached hydrogens (tertiary/aromatic N) is 2. The van der Waals surface area contributed by atoms with E-state index in [-0.39, 0.29) is 0 Å². The van der Waals surface area contributed by atoms with Gasteiger partial charge in [0.2, 0.25) is 0 Å². The van der Waals surface area contributed by atoms with Gasteiger partial charge in [0.05, 0.1) is 11.4 Å². The van der Waals surface area contributed by atoms with Crippen molar-refractivity contribution in [3.05, 3.63) is 194 Å². The molecule has 2 aromatic heterocycles. The first kappa shape index (κ1) is 31.6. The predicted molar refractivity (Wildman–Crippen MR) is 235 cm³/mol. The van der Waals surface area contributed by atoms with Gasteiger partial charge in [-0.05, 0) is 91.0 Å². The molecule has 0 amide bonds. The largest absolute Gasteiger partial charge is 0.228 e. The molecule has 0 aliphatic rings. The molecule has 0 radical (unpaired) electrons. The Morgan fingerprint density at radius 2 is 0.945 bits per heavy atom. The molecule has 0 aliphatic carbocycles. The van der Waals surface area contributed by atoms with Crippen LogP contribution in [0.4, 0.5) is 0 Å². The molecule has 2 nitrogen and oxygen atoms in total. The molecule has 0 atom stereocenters. The number of rotatable bonds is 5. The third-order valence-electron chi connectivity index (χ3n) is 10.8. The van der Waals surface area contributed by atoms with Crippen LogP contribution in [0.1, 0.15) is 0 Å². The summed E-state index contributed by atoms with van der Waals surface area (Å²) >= 11 is 1.83. The SMILES string of the molecule is c1ccc(-c2nc(-c3cccc(-c4cccc(-c5c6ccccc6cc6c5ccc5ccccc56)c4)c3)cc(-c3cccc4sc5ccccc5c34)n2)cc1. The first-order chi connectivity index (χ1) is 27.2. The Hall–Kier alpha value is -6.94. The van der Waals surface area contributed by atoms with Gasteiger partial charge in [0, 0.05) is 36.9 Å². The maximum atomic E-state index is 5.22. The van der Waals surface area contributed by atoms with E-state index in [1.54, 1.807) is 0 Å². The molecule has 11 rings (SSSR count). The van der Waals surface area contributed by atoms with Crippen LogP contribution in [0.25, 0.3) is 109 Å². The topological polar surface area (TPSA) is 25.8 Å².